The number of benzene rings is 1. The Hall–Kier alpha value is -1.31. The number of halogens is 1. The minimum absolute atomic E-state index is 0.0327. The van der Waals surface area contributed by atoms with Gasteiger partial charge in [-0.25, -0.2) is 8.42 Å². The van der Waals surface area contributed by atoms with Crippen LogP contribution in [0.15, 0.2) is 24.3 Å². The first-order valence-electron chi connectivity index (χ1n) is 10.2. The number of hydrogen-bond acceptors (Lipinski definition) is 4. The van der Waals surface area contributed by atoms with E-state index in [4.69, 9.17) is 11.6 Å². The summed E-state index contributed by atoms with van der Waals surface area (Å²) < 4.78 is 26.7. The van der Waals surface area contributed by atoms with Gasteiger partial charge in [-0.2, -0.15) is 4.31 Å². The van der Waals surface area contributed by atoms with Crippen molar-refractivity contribution in [2.24, 2.45) is 5.92 Å². The summed E-state index contributed by atoms with van der Waals surface area (Å²) in [5.41, 5.74) is 1.05. The van der Waals surface area contributed by atoms with Gasteiger partial charge in [-0.05, 0) is 36.6 Å². The van der Waals surface area contributed by atoms with Crippen molar-refractivity contribution in [2.45, 2.75) is 38.5 Å². The largest absolute Gasteiger partial charge is 0.369 e. The molecule has 2 aliphatic rings. The average Bonchev–Trinajstić information content (AvgIpc) is 3.21. The molecule has 2 fully saturated rings. The van der Waals surface area contributed by atoms with Crippen LogP contribution in [-0.4, -0.2) is 57.1 Å². The van der Waals surface area contributed by atoms with E-state index in [-0.39, 0.29) is 18.2 Å². The van der Waals surface area contributed by atoms with Crippen LogP contribution in [0, 0.1) is 5.92 Å². The van der Waals surface area contributed by atoms with Gasteiger partial charge >= 0.3 is 0 Å². The number of amides is 1. The molecule has 0 aromatic heterocycles. The van der Waals surface area contributed by atoms with Crippen LogP contribution in [0.2, 0.25) is 5.02 Å². The molecule has 1 aliphatic carbocycles. The number of anilines is 1. The van der Waals surface area contributed by atoms with Gasteiger partial charge in [-0.3, -0.25) is 4.79 Å². The number of rotatable bonds is 8. The summed E-state index contributed by atoms with van der Waals surface area (Å²) in [6.07, 6.45) is 6.43. The molecule has 8 heteroatoms. The predicted octanol–water partition coefficient (Wildman–Crippen LogP) is 2.88. The molecular formula is C20H30ClN3O3S. The zero-order valence-electron chi connectivity index (χ0n) is 16.3. The summed E-state index contributed by atoms with van der Waals surface area (Å²) in [6, 6.07) is 7.59. The van der Waals surface area contributed by atoms with Gasteiger partial charge in [0.25, 0.3) is 0 Å². The van der Waals surface area contributed by atoms with E-state index in [9.17, 15) is 13.2 Å². The molecule has 1 saturated carbocycles. The highest BCUT2D eigenvalue weighted by molar-refractivity contribution is 7.89. The van der Waals surface area contributed by atoms with E-state index >= 15 is 0 Å². The molecule has 0 unspecified atom stereocenters. The Morgan fingerprint density at radius 1 is 1.07 bits per heavy atom. The first kappa shape index (κ1) is 21.4. The highest BCUT2D eigenvalue weighted by Crippen LogP contribution is 2.28. The number of piperazine rings is 1. The molecule has 3 rings (SSSR count). The summed E-state index contributed by atoms with van der Waals surface area (Å²) in [4.78, 5) is 14.1. The molecule has 28 heavy (non-hydrogen) atoms. The molecule has 1 N–H and O–H groups in total. The van der Waals surface area contributed by atoms with Crippen molar-refractivity contribution >= 4 is 33.2 Å². The SMILES string of the molecule is O=C(CCC1CCCC1)NCCS(=O)(=O)N1CCN(c2ccc(Cl)cc2)CC1. The highest BCUT2D eigenvalue weighted by atomic mass is 35.5. The van der Waals surface area contributed by atoms with Gasteiger partial charge in [0.2, 0.25) is 15.9 Å². The lowest BCUT2D eigenvalue weighted by Crippen LogP contribution is -2.50. The number of carbonyl (C=O) groups excluding carboxylic acids is 1. The number of nitrogens with one attached hydrogen (secondary N) is 1. The fourth-order valence-electron chi connectivity index (χ4n) is 4.05. The molecule has 1 heterocycles. The van der Waals surface area contributed by atoms with Gasteiger partial charge in [0, 0.05) is 49.9 Å². The molecule has 1 aromatic rings. The minimum Gasteiger partial charge on any atom is -0.369 e. The Morgan fingerprint density at radius 2 is 1.71 bits per heavy atom. The van der Waals surface area contributed by atoms with Gasteiger partial charge in [0.15, 0.2) is 0 Å². The smallest absolute Gasteiger partial charge is 0.220 e. The van der Waals surface area contributed by atoms with E-state index in [1.807, 2.05) is 24.3 Å². The number of carbonyl (C=O) groups is 1. The van der Waals surface area contributed by atoms with Crippen molar-refractivity contribution in [3.8, 4) is 0 Å². The number of sulfonamides is 1. The number of nitrogens with zero attached hydrogens (tertiary/aromatic N) is 2. The molecule has 1 amide bonds. The van der Waals surface area contributed by atoms with Crippen molar-refractivity contribution in [2.75, 3.05) is 43.4 Å². The monoisotopic (exact) mass is 427 g/mol. The van der Waals surface area contributed by atoms with Crippen molar-refractivity contribution in [3.05, 3.63) is 29.3 Å². The topological polar surface area (TPSA) is 69.7 Å². The lowest BCUT2D eigenvalue weighted by molar-refractivity contribution is -0.121. The lowest BCUT2D eigenvalue weighted by atomic mass is 10.0. The summed E-state index contributed by atoms with van der Waals surface area (Å²) >= 11 is 5.92. The fourth-order valence-corrected chi connectivity index (χ4v) is 5.51. The Balaban J connectivity index is 1.37. The summed E-state index contributed by atoms with van der Waals surface area (Å²) in [5.74, 6) is 0.601. The van der Waals surface area contributed by atoms with E-state index in [2.05, 4.69) is 10.2 Å². The molecule has 0 radical (unpaired) electrons. The first-order chi connectivity index (χ1) is 13.4. The molecule has 156 valence electrons. The molecule has 1 aliphatic heterocycles. The molecule has 6 nitrogen and oxygen atoms in total. The average molecular weight is 428 g/mol. The van der Waals surface area contributed by atoms with Gasteiger partial charge in [0.05, 0.1) is 5.75 Å². The molecule has 1 saturated heterocycles. The van der Waals surface area contributed by atoms with E-state index in [0.717, 1.165) is 12.1 Å². The van der Waals surface area contributed by atoms with Crippen LogP contribution in [0.1, 0.15) is 38.5 Å². The Morgan fingerprint density at radius 3 is 2.36 bits per heavy atom. The third-order valence-electron chi connectivity index (χ3n) is 5.76. The van der Waals surface area contributed by atoms with Crippen LogP contribution in [0.25, 0.3) is 0 Å². The molecule has 1 aromatic carbocycles. The van der Waals surface area contributed by atoms with Crippen molar-refractivity contribution in [1.82, 2.24) is 9.62 Å². The third kappa shape index (κ3) is 6.09. The van der Waals surface area contributed by atoms with E-state index in [0.29, 0.717) is 43.5 Å². The molecule has 0 atom stereocenters. The standard InChI is InChI=1S/C20H30ClN3O3S/c21-18-6-8-19(9-7-18)23-12-14-24(15-13-23)28(26,27)16-11-22-20(25)10-5-17-3-1-2-4-17/h6-9,17H,1-5,10-16H2,(H,22,25). The van der Waals surface area contributed by atoms with Gasteiger partial charge in [-0.1, -0.05) is 37.3 Å². The summed E-state index contributed by atoms with van der Waals surface area (Å²) in [5, 5.41) is 3.46. The van der Waals surface area contributed by atoms with Crippen LogP contribution < -0.4 is 10.2 Å². The second-order valence-electron chi connectivity index (χ2n) is 7.72. The van der Waals surface area contributed by atoms with Gasteiger partial charge in [0.1, 0.15) is 0 Å². The Labute approximate surface area is 173 Å². The van der Waals surface area contributed by atoms with Gasteiger partial charge < -0.3 is 10.2 Å². The van der Waals surface area contributed by atoms with Crippen LogP contribution >= 0.6 is 11.6 Å². The van der Waals surface area contributed by atoms with Crippen LogP contribution in [0.4, 0.5) is 5.69 Å². The zero-order valence-corrected chi connectivity index (χ0v) is 17.8. The molecular weight excluding hydrogens is 398 g/mol. The van der Waals surface area contributed by atoms with Crippen molar-refractivity contribution in [1.29, 1.82) is 0 Å². The maximum Gasteiger partial charge on any atom is 0.220 e. The van der Waals surface area contributed by atoms with Crippen molar-refractivity contribution in [3.63, 3.8) is 0 Å². The fraction of sp³-hybridized carbons (Fsp3) is 0.650. The first-order valence-corrected chi connectivity index (χ1v) is 12.2. The zero-order chi connectivity index (χ0) is 20.0. The maximum atomic E-state index is 12.6. The molecule has 0 spiro atoms. The summed E-state index contributed by atoms with van der Waals surface area (Å²) in [7, 11) is -3.35. The van der Waals surface area contributed by atoms with Crippen LogP contribution in [0.3, 0.4) is 0 Å². The van der Waals surface area contributed by atoms with E-state index < -0.39 is 10.0 Å². The number of hydrogen-bond donors (Lipinski definition) is 1. The van der Waals surface area contributed by atoms with Crippen molar-refractivity contribution < 1.29 is 13.2 Å². The van der Waals surface area contributed by atoms with Gasteiger partial charge in [-0.15, -0.1) is 0 Å². The van der Waals surface area contributed by atoms with Crippen LogP contribution in [-0.2, 0) is 14.8 Å². The van der Waals surface area contributed by atoms with Crippen LogP contribution in [0.5, 0.6) is 0 Å². The lowest BCUT2D eigenvalue weighted by Gasteiger charge is -2.35. The predicted molar refractivity (Wildman–Crippen MR) is 113 cm³/mol. The Bertz CT molecular complexity index is 740. The second-order valence-corrected chi connectivity index (χ2v) is 10.2. The summed E-state index contributed by atoms with van der Waals surface area (Å²) in [6.45, 7) is 2.40. The van der Waals surface area contributed by atoms with E-state index in [1.54, 1.807) is 0 Å². The highest BCUT2D eigenvalue weighted by Gasteiger charge is 2.27. The maximum absolute atomic E-state index is 12.6. The third-order valence-corrected chi connectivity index (χ3v) is 7.88. The quantitative estimate of drug-likeness (QED) is 0.692. The Kier molecular flexibility index (Phi) is 7.60. The normalized spacial score (nSPS) is 19.1. The second kappa shape index (κ2) is 9.94. The molecule has 0 bridgehead atoms. The van der Waals surface area contributed by atoms with E-state index in [1.165, 1.54) is 30.0 Å². The minimum atomic E-state index is -3.35.